The molecule has 3 aliphatic rings. The Hall–Kier alpha value is -5.46. The van der Waals surface area contributed by atoms with E-state index in [1.165, 1.54) is 20.1 Å². The number of fused-ring (bicyclic) bond motifs is 3. The Bertz CT molecular complexity index is 2140. The van der Waals surface area contributed by atoms with Gasteiger partial charge in [-0.2, -0.15) is 0 Å². The second-order valence-electron chi connectivity index (χ2n) is 11.8. The molecule has 3 aromatic heterocycles. The van der Waals surface area contributed by atoms with Crippen LogP contribution in [0.2, 0.25) is 0 Å². The zero-order valence-electron chi connectivity index (χ0n) is 24.4. The second-order valence-corrected chi connectivity index (χ2v) is 11.8. The molecule has 226 valence electrons. The largest absolute Gasteiger partial charge is 0.356 e. The van der Waals surface area contributed by atoms with Crippen molar-refractivity contribution in [1.82, 2.24) is 19.9 Å². The van der Waals surface area contributed by atoms with Crippen LogP contribution in [0.4, 0.5) is 11.4 Å². The predicted molar refractivity (Wildman–Crippen MR) is 165 cm³/mol. The molecule has 2 fully saturated rings. The molecule has 5 aromatic rings. The summed E-state index contributed by atoms with van der Waals surface area (Å²) in [5.74, 6) is -0.771. The van der Waals surface area contributed by atoms with Crippen molar-refractivity contribution >= 4 is 56.7 Å². The number of rotatable bonds is 7. The number of anilines is 2. The van der Waals surface area contributed by atoms with Crippen molar-refractivity contribution in [1.29, 1.82) is 0 Å². The van der Waals surface area contributed by atoms with Gasteiger partial charge in [0.05, 0.1) is 12.8 Å². The summed E-state index contributed by atoms with van der Waals surface area (Å²) < 4.78 is 0. The van der Waals surface area contributed by atoms with Gasteiger partial charge in [0.25, 0.3) is 11.8 Å². The van der Waals surface area contributed by atoms with Crippen LogP contribution in [0.3, 0.4) is 0 Å². The van der Waals surface area contributed by atoms with Crippen molar-refractivity contribution < 1.29 is 29.0 Å². The van der Waals surface area contributed by atoms with E-state index in [1.54, 1.807) is 35.2 Å². The number of aromatic nitrogens is 3. The highest BCUT2D eigenvalue weighted by atomic mass is 17.2. The third-order valence-corrected chi connectivity index (χ3v) is 9.08. The summed E-state index contributed by atoms with van der Waals surface area (Å²) in [6, 6.07) is 16.3. The number of carbonyl (C=O) groups is 4. The van der Waals surface area contributed by atoms with E-state index in [-0.39, 0.29) is 41.2 Å². The standard InChI is InChI=1S/C33H28N6O6/c1-16(40)39-14-19-13-33(19)23-11-27(38-30(23)28(41)12-29(33)39)32(43)36-21-4-6-25-18(8-21)10-26(37-25)31(42)35-20-3-5-24-17(7-20)9-22(34-24)15-45-44-2/h3-12,19,34,37-38H,13-15H2,1-2H3,(H,35,42)(H,36,43). The molecule has 1 spiro atoms. The van der Waals surface area contributed by atoms with Crippen molar-refractivity contribution in [3.8, 4) is 0 Å². The Kier molecular flexibility index (Phi) is 5.89. The van der Waals surface area contributed by atoms with Crippen LogP contribution in [0.5, 0.6) is 0 Å². The van der Waals surface area contributed by atoms with Crippen molar-refractivity contribution in [2.45, 2.75) is 25.4 Å². The normalized spacial score (nSPS) is 19.7. The smallest absolute Gasteiger partial charge is 0.272 e. The fraction of sp³-hybridized carbons (Fsp3) is 0.212. The highest BCUT2D eigenvalue weighted by Gasteiger charge is 2.67. The van der Waals surface area contributed by atoms with Gasteiger partial charge in [-0.3, -0.25) is 19.2 Å². The van der Waals surface area contributed by atoms with Gasteiger partial charge in [-0.15, -0.1) is 0 Å². The van der Waals surface area contributed by atoms with Crippen LogP contribution in [0.15, 0.2) is 66.4 Å². The summed E-state index contributed by atoms with van der Waals surface area (Å²) in [6.07, 6.45) is 2.39. The van der Waals surface area contributed by atoms with E-state index < -0.39 is 5.91 Å². The third kappa shape index (κ3) is 4.29. The number of nitrogens with zero attached hydrogens (tertiary/aromatic N) is 1. The van der Waals surface area contributed by atoms with Gasteiger partial charge in [-0.25, -0.2) is 9.78 Å². The molecule has 0 radical (unpaired) electrons. The summed E-state index contributed by atoms with van der Waals surface area (Å²) in [5.41, 5.74) is 5.86. The van der Waals surface area contributed by atoms with Gasteiger partial charge in [0.2, 0.25) is 11.7 Å². The lowest BCUT2D eigenvalue weighted by molar-refractivity contribution is -0.282. The molecule has 1 saturated heterocycles. The Morgan fingerprint density at radius 1 is 0.911 bits per heavy atom. The number of ketones is 1. The van der Waals surface area contributed by atoms with Gasteiger partial charge in [-0.05, 0) is 72.5 Å². The van der Waals surface area contributed by atoms with Crippen LogP contribution >= 0.6 is 0 Å². The molecule has 3 amide bonds. The Morgan fingerprint density at radius 2 is 1.58 bits per heavy atom. The van der Waals surface area contributed by atoms with E-state index in [0.717, 1.165) is 45.2 Å². The maximum Gasteiger partial charge on any atom is 0.272 e. The number of H-pyrrole nitrogens is 3. The Balaban J connectivity index is 0.980. The van der Waals surface area contributed by atoms with Gasteiger partial charge >= 0.3 is 0 Å². The monoisotopic (exact) mass is 604 g/mol. The lowest BCUT2D eigenvalue weighted by Gasteiger charge is -2.26. The average molecular weight is 605 g/mol. The Morgan fingerprint density at radius 3 is 2.27 bits per heavy atom. The summed E-state index contributed by atoms with van der Waals surface area (Å²) in [5, 5.41) is 7.48. The van der Waals surface area contributed by atoms with E-state index >= 15 is 0 Å². The fourth-order valence-electron chi connectivity index (χ4n) is 6.92. The molecule has 12 heteroatoms. The minimum absolute atomic E-state index is 0.0833. The molecule has 1 aliphatic heterocycles. The minimum atomic E-state index is -0.390. The first-order valence-corrected chi connectivity index (χ1v) is 14.5. The molecular formula is C33H28N6O6. The summed E-state index contributed by atoms with van der Waals surface area (Å²) in [7, 11) is 1.45. The van der Waals surface area contributed by atoms with E-state index in [2.05, 4.69) is 30.5 Å². The van der Waals surface area contributed by atoms with Gasteiger partial charge < -0.3 is 30.5 Å². The molecule has 1 saturated carbocycles. The third-order valence-electron chi connectivity index (χ3n) is 9.08. The summed E-state index contributed by atoms with van der Waals surface area (Å²) >= 11 is 0. The molecule has 8 rings (SSSR count). The number of hydrogen-bond acceptors (Lipinski definition) is 6. The zero-order chi connectivity index (χ0) is 31.0. The maximum atomic E-state index is 13.3. The number of likely N-dealkylation sites (tertiary alicyclic amines) is 1. The molecule has 0 bridgehead atoms. The molecule has 12 nitrogen and oxygen atoms in total. The van der Waals surface area contributed by atoms with E-state index in [1.807, 2.05) is 24.3 Å². The van der Waals surface area contributed by atoms with Crippen LogP contribution in [-0.4, -0.2) is 57.0 Å². The van der Waals surface area contributed by atoms with Crippen LogP contribution in [0.25, 0.3) is 21.8 Å². The lowest BCUT2D eigenvalue weighted by Crippen LogP contribution is -2.31. The first kappa shape index (κ1) is 27.1. The number of piperidine rings is 1. The predicted octanol–water partition coefficient (Wildman–Crippen LogP) is 4.76. The van der Waals surface area contributed by atoms with Gasteiger partial charge in [0.15, 0.2) is 0 Å². The number of amides is 3. The minimum Gasteiger partial charge on any atom is -0.356 e. The molecule has 2 aliphatic carbocycles. The molecule has 4 heterocycles. The number of benzene rings is 2. The molecule has 45 heavy (non-hydrogen) atoms. The van der Waals surface area contributed by atoms with Gasteiger partial charge in [0.1, 0.15) is 18.0 Å². The fourth-order valence-corrected chi connectivity index (χ4v) is 6.92. The van der Waals surface area contributed by atoms with Gasteiger partial charge in [0, 0.05) is 69.5 Å². The van der Waals surface area contributed by atoms with Crippen molar-refractivity contribution in [2.75, 3.05) is 24.3 Å². The van der Waals surface area contributed by atoms with Crippen LogP contribution in [0.1, 0.15) is 56.1 Å². The van der Waals surface area contributed by atoms with Crippen LogP contribution in [-0.2, 0) is 26.6 Å². The quantitative estimate of drug-likeness (QED) is 0.133. The molecule has 2 unspecified atom stereocenters. The number of carbonyl (C=O) groups excluding carboxylic acids is 4. The highest BCUT2D eigenvalue weighted by Crippen LogP contribution is 2.66. The molecular weight excluding hydrogens is 576 g/mol. The molecule has 2 aromatic carbocycles. The van der Waals surface area contributed by atoms with Crippen molar-refractivity contribution in [2.24, 2.45) is 5.92 Å². The zero-order valence-corrected chi connectivity index (χ0v) is 24.4. The molecule has 5 N–H and O–H groups in total. The number of nitrogens with one attached hydrogen (secondary N) is 5. The average Bonchev–Trinajstić information content (AvgIpc) is 3.49. The van der Waals surface area contributed by atoms with Crippen LogP contribution in [0, 0.1) is 5.92 Å². The summed E-state index contributed by atoms with van der Waals surface area (Å²) in [6.45, 7) is 2.37. The molecule has 2 atom stereocenters. The van der Waals surface area contributed by atoms with Crippen molar-refractivity contribution in [3.63, 3.8) is 0 Å². The van der Waals surface area contributed by atoms with E-state index in [0.29, 0.717) is 29.3 Å². The first-order chi connectivity index (χ1) is 21.7. The maximum absolute atomic E-state index is 13.3. The van der Waals surface area contributed by atoms with Crippen LogP contribution < -0.4 is 10.6 Å². The van der Waals surface area contributed by atoms with Crippen molar-refractivity contribution in [3.05, 3.63) is 94.7 Å². The topological polar surface area (TPSA) is 161 Å². The second kappa shape index (κ2) is 9.78. The summed E-state index contributed by atoms with van der Waals surface area (Å²) in [4.78, 5) is 72.2. The Labute approximate surface area is 255 Å². The van der Waals surface area contributed by atoms with E-state index in [9.17, 15) is 19.2 Å². The first-order valence-electron chi connectivity index (χ1n) is 14.5. The number of aromatic amines is 3. The highest BCUT2D eigenvalue weighted by molar-refractivity contribution is 6.11. The lowest BCUT2D eigenvalue weighted by atomic mass is 9.85. The van der Waals surface area contributed by atoms with E-state index in [4.69, 9.17) is 4.89 Å². The van der Waals surface area contributed by atoms with Gasteiger partial charge in [-0.1, -0.05) is 0 Å². The number of allylic oxidation sites excluding steroid dienone is 2. The SMILES string of the molecule is COOCc1cc2cc(NC(=O)c3cc4cc(NC(=O)c5cc6c([nH]5)C(=O)C=C5N(C(C)=O)CC7CC567)ccc4[nH]3)ccc2[nH]1. The number of hydrogen-bond donors (Lipinski definition) is 5.